The van der Waals surface area contributed by atoms with Crippen molar-refractivity contribution in [1.29, 1.82) is 0 Å². The maximum absolute atomic E-state index is 14.3. The molecular formula is C35H29NO3S. The summed E-state index contributed by atoms with van der Waals surface area (Å²) in [6.45, 7) is 1.94. The topological polar surface area (TPSA) is 55.4 Å². The fraction of sp³-hybridized carbons (Fsp3) is 0.0857. The lowest BCUT2D eigenvalue weighted by Gasteiger charge is -2.36. The van der Waals surface area contributed by atoms with Crippen molar-refractivity contribution in [2.45, 2.75) is 17.4 Å². The predicted octanol–water partition coefficient (Wildman–Crippen LogP) is 7.20. The van der Waals surface area contributed by atoms with Crippen molar-refractivity contribution in [3.8, 4) is 5.75 Å². The van der Waals surface area contributed by atoms with Crippen molar-refractivity contribution in [2.24, 2.45) is 0 Å². The van der Waals surface area contributed by atoms with Crippen LogP contribution in [0.3, 0.4) is 0 Å². The fourth-order valence-corrected chi connectivity index (χ4v) is 6.98. The molecule has 1 unspecified atom stereocenters. The van der Waals surface area contributed by atoms with Crippen molar-refractivity contribution in [3.05, 3.63) is 167 Å². The zero-order chi connectivity index (χ0) is 27.7. The molecule has 6 rings (SSSR count). The highest BCUT2D eigenvalue weighted by atomic mass is 32.2. The molecule has 198 valence electrons. The molecule has 0 aromatic heterocycles. The number of hydrogen-bond acceptors (Lipinski definition) is 3. The van der Waals surface area contributed by atoms with E-state index in [-0.39, 0.29) is 4.90 Å². The van der Waals surface area contributed by atoms with Crippen LogP contribution in [0.5, 0.6) is 5.75 Å². The zero-order valence-corrected chi connectivity index (χ0v) is 23.2. The molecule has 0 radical (unpaired) electrons. The Balaban J connectivity index is 1.73. The summed E-state index contributed by atoms with van der Waals surface area (Å²) in [4.78, 5) is 0.216. The summed E-state index contributed by atoms with van der Waals surface area (Å²) in [6.07, 6.45) is 0. The first-order valence-electron chi connectivity index (χ1n) is 13.1. The lowest BCUT2D eigenvalue weighted by atomic mass is 9.77. The van der Waals surface area contributed by atoms with Crippen molar-refractivity contribution >= 4 is 21.2 Å². The molecule has 0 bridgehead atoms. The first kappa shape index (κ1) is 25.8. The summed E-state index contributed by atoms with van der Waals surface area (Å²) in [5, 5.41) is 0. The first-order chi connectivity index (χ1) is 19.4. The van der Waals surface area contributed by atoms with E-state index >= 15 is 0 Å². The molecular weight excluding hydrogens is 514 g/mol. The lowest BCUT2D eigenvalue weighted by Crippen LogP contribution is -2.46. The molecule has 0 heterocycles. The Morgan fingerprint density at radius 3 is 1.90 bits per heavy atom. The molecule has 0 fully saturated rings. The van der Waals surface area contributed by atoms with Crippen LogP contribution >= 0.6 is 0 Å². The summed E-state index contributed by atoms with van der Waals surface area (Å²) in [6, 6.07) is 42.9. The maximum atomic E-state index is 14.3. The second kappa shape index (κ2) is 10.3. The van der Waals surface area contributed by atoms with E-state index in [9.17, 15) is 8.42 Å². The number of benzene rings is 5. The van der Waals surface area contributed by atoms with Crippen molar-refractivity contribution in [1.82, 2.24) is 4.72 Å². The van der Waals surface area contributed by atoms with Gasteiger partial charge >= 0.3 is 0 Å². The molecule has 1 aliphatic carbocycles. The van der Waals surface area contributed by atoms with Gasteiger partial charge in [-0.05, 0) is 70.2 Å². The van der Waals surface area contributed by atoms with E-state index in [1.807, 2.05) is 110 Å². The third kappa shape index (κ3) is 4.34. The maximum Gasteiger partial charge on any atom is 0.241 e. The quantitative estimate of drug-likeness (QED) is 0.236. The fourth-order valence-electron chi connectivity index (χ4n) is 5.64. The van der Waals surface area contributed by atoms with E-state index in [4.69, 9.17) is 4.74 Å². The molecule has 5 heteroatoms. The van der Waals surface area contributed by atoms with Gasteiger partial charge in [-0.15, -0.1) is 0 Å². The molecule has 1 aliphatic rings. The Morgan fingerprint density at radius 2 is 1.25 bits per heavy atom. The van der Waals surface area contributed by atoms with E-state index in [0.717, 1.165) is 50.3 Å². The number of methoxy groups -OCH3 is 1. The summed E-state index contributed by atoms with van der Waals surface area (Å²) in [7, 11) is -2.34. The number of nitrogens with one attached hydrogen (secondary N) is 1. The van der Waals surface area contributed by atoms with Crippen molar-refractivity contribution in [2.75, 3.05) is 7.11 Å². The third-order valence-electron chi connectivity index (χ3n) is 7.49. The van der Waals surface area contributed by atoms with E-state index in [1.165, 1.54) is 0 Å². The molecule has 4 nitrogen and oxygen atoms in total. The van der Waals surface area contributed by atoms with Gasteiger partial charge in [0.15, 0.2) is 0 Å². The van der Waals surface area contributed by atoms with Gasteiger partial charge in [0.1, 0.15) is 11.3 Å². The molecule has 0 saturated carbocycles. The molecule has 5 aromatic rings. The minimum Gasteiger partial charge on any atom is -0.497 e. The minimum atomic E-state index is -3.98. The molecule has 40 heavy (non-hydrogen) atoms. The number of hydrogen-bond donors (Lipinski definition) is 1. The van der Waals surface area contributed by atoms with Gasteiger partial charge < -0.3 is 4.74 Å². The Labute approximate surface area is 235 Å². The molecule has 0 saturated heterocycles. The SMILES string of the molecule is COc1ccc(C2=C(c3ccccc3)c3ccccc3C2(NS(=O)(=O)c2ccc(C)cc2)c2ccccc2)cc1. The molecule has 0 amide bonds. The average molecular weight is 544 g/mol. The zero-order valence-electron chi connectivity index (χ0n) is 22.3. The summed E-state index contributed by atoms with van der Waals surface area (Å²) in [5.74, 6) is 0.728. The second-order valence-corrected chi connectivity index (χ2v) is 11.6. The van der Waals surface area contributed by atoms with Gasteiger partial charge in [-0.3, -0.25) is 0 Å². The van der Waals surface area contributed by atoms with Gasteiger partial charge in [-0.2, -0.15) is 4.72 Å². The van der Waals surface area contributed by atoms with Gasteiger partial charge in [0.2, 0.25) is 10.0 Å². The highest BCUT2D eigenvalue weighted by molar-refractivity contribution is 7.89. The van der Waals surface area contributed by atoms with Crippen LogP contribution in [0.25, 0.3) is 11.1 Å². The largest absolute Gasteiger partial charge is 0.497 e. The lowest BCUT2D eigenvalue weighted by molar-refractivity contribution is 0.414. The molecule has 0 spiro atoms. The van der Waals surface area contributed by atoms with Gasteiger partial charge in [-0.25, -0.2) is 8.42 Å². The van der Waals surface area contributed by atoms with Crippen LogP contribution in [0.2, 0.25) is 0 Å². The number of rotatable bonds is 7. The van der Waals surface area contributed by atoms with E-state index < -0.39 is 15.6 Å². The Morgan fingerprint density at radius 1 is 0.650 bits per heavy atom. The average Bonchev–Trinajstić information content (AvgIpc) is 3.29. The molecule has 0 aliphatic heterocycles. The van der Waals surface area contributed by atoms with Crippen LogP contribution in [0.1, 0.15) is 33.4 Å². The summed E-state index contributed by atoms with van der Waals surface area (Å²) in [5.41, 5.74) is 6.22. The first-order valence-corrected chi connectivity index (χ1v) is 14.6. The van der Waals surface area contributed by atoms with Gasteiger partial charge in [0.05, 0.1) is 12.0 Å². The Kier molecular flexibility index (Phi) is 6.62. The summed E-state index contributed by atoms with van der Waals surface area (Å²) >= 11 is 0. The van der Waals surface area contributed by atoms with Crippen LogP contribution < -0.4 is 9.46 Å². The predicted molar refractivity (Wildman–Crippen MR) is 161 cm³/mol. The highest BCUT2D eigenvalue weighted by Gasteiger charge is 2.49. The minimum absolute atomic E-state index is 0.216. The Bertz CT molecular complexity index is 1800. The van der Waals surface area contributed by atoms with Crippen LogP contribution in [-0.4, -0.2) is 15.5 Å². The van der Waals surface area contributed by atoms with Crippen LogP contribution in [0.4, 0.5) is 0 Å². The van der Waals surface area contributed by atoms with Crippen LogP contribution in [0, 0.1) is 6.92 Å². The summed E-state index contributed by atoms with van der Waals surface area (Å²) < 4.78 is 37.2. The van der Waals surface area contributed by atoms with Crippen molar-refractivity contribution in [3.63, 3.8) is 0 Å². The second-order valence-electron chi connectivity index (χ2n) is 9.92. The number of ether oxygens (including phenoxy) is 1. The monoisotopic (exact) mass is 543 g/mol. The smallest absolute Gasteiger partial charge is 0.241 e. The number of fused-ring (bicyclic) bond motifs is 1. The normalized spacial score (nSPS) is 16.6. The van der Waals surface area contributed by atoms with E-state index in [1.54, 1.807) is 19.2 Å². The van der Waals surface area contributed by atoms with Gasteiger partial charge in [0.25, 0.3) is 0 Å². The van der Waals surface area contributed by atoms with Crippen LogP contribution in [-0.2, 0) is 15.6 Å². The highest BCUT2D eigenvalue weighted by Crippen LogP contribution is 2.55. The van der Waals surface area contributed by atoms with Crippen molar-refractivity contribution < 1.29 is 13.2 Å². The van der Waals surface area contributed by atoms with Gasteiger partial charge in [-0.1, -0.05) is 115 Å². The third-order valence-corrected chi connectivity index (χ3v) is 8.96. The molecule has 1 N–H and O–H groups in total. The molecule has 1 atom stereocenters. The standard InChI is InChI=1S/C35H29NO3S/c1-25-17-23-30(24-18-25)40(37,38)36-35(28-13-7-4-8-14-28)32-16-10-9-15-31(32)33(26-11-5-3-6-12-26)34(35)27-19-21-29(39-2)22-20-27/h3-24,36H,1-2H3. The van der Waals surface area contributed by atoms with Crippen LogP contribution in [0.15, 0.2) is 138 Å². The van der Waals surface area contributed by atoms with E-state index in [2.05, 4.69) is 22.9 Å². The number of aryl methyl sites for hydroxylation is 1. The number of sulfonamides is 1. The molecule has 5 aromatic carbocycles. The van der Waals surface area contributed by atoms with Gasteiger partial charge in [0, 0.05) is 0 Å². The Hall–Kier alpha value is -4.45. The van der Waals surface area contributed by atoms with E-state index in [0.29, 0.717) is 0 Å².